The minimum atomic E-state index is 0.0312. The molecule has 2 N–H and O–H groups in total. The molecule has 3 aromatic heterocycles. The number of nitrogens with one attached hydrogen (secondary N) is 1. The molecule has 0 saturated heterocycles. The van der Waals surface area contributed by atoms with Crippen LogP contribution in [0.1, 0.15) is 18.4 Å². The maximum Gasteiger partial charge on any atom is 0.228 e. The molecule has 112 valence electrons. The van der Waals surface area contributed by atoms with Gasteiger partial charge < -0.3 is 14.8 Å². The summed E-state index contributed by atoms with van der Waals surface area (Å²) in [5, 5.41) is 14.2. The molecule has 1 aliphatic rings. The number of aliphatic hydroxyl groups is 1. The Labute approximate surface area is 131 Å². The molecule has 0 unspecified atom stereocenters. The van der Waals surface area contributed by atoms with E-state index in [1.54, 1.807) is 11.3 Å². The molecule has 1 fully saturated rings. The highest BCUT2D eigenvalue weighted by Gasteiger charge is 2.29. The van der Waals surface area contributed by atoms with Gasteiger partial charge in [-0.1, -0.05) is 0 Å². The second kappa shape index (κ2) is 5.23. The number of aromatic nitrogens is 2. The summed E-state index contributed by atoms with van der Waals surface area (Å²) in [6.07, 6.45) is 5.75. The number of nitrogens with zero attached hydrogens (tertiary/aromatic N) is 2. The number of amides is 1. The summed E-state index contributed by atoms with van der Waals surface area (Å²) in [6.45, 7) is 0.0312. The molecular formula is C16H15N3O2S. The summed E-state index contributed by atoms with van der Waals surface area (Å²) < 4.78 is 1.90. The molecule has 22 heavy (non-hydrogen) atoms. The van der Waals surface area contributed by atoms with Gasteiger partial charge in [0.1, 0.15) is 5.65 Å². The molecular weight excluding hydrogens is 298 g/mol. The summed E-state index contributed by atoms with van der Waals surface area (Å²) in [5.74, 6) is 0.811. The smallest absolute Gasteiger partial charge is 0.228 e. The normalized spacial score (nSPS) is 14.4. The number of thiophene rings is 1. The summed E-state index contributed by atoms with van der Waals surface area (Å²) in [7, 11) is 0. The number of carbonyl (C=O) groups is 1. The molecule has 6 heteroatoms. The van der Waals surface area contributed by atoms with Crippen LogP contribution >= 0.6 is 11.3 Å². The summed E-state index contributed by atoms with van der Waals surface area (Å²) >= 11 is 1.60. The largest absolute Gasteiger partial charge is 0.392 e. The van der Waals surface area contributed by atoms with Gasteiger partial charge in [-0.2, -0.15) is 0 Å². The molecule has 0 radical (unpaired) electrons. The zero-order chi connectivity index (χ0) is 15.1. The van der Waals surface area contributed by atoms with Crippen molar-refractivity contribution in [2.75, 3.05) is 5.32 Å². The van der Waals surface area contributed by atoms with E-state index in [1.165, 1.54) is 0 Å². The van der Waals surface area contributed by atoms with E-state index in [0.29, 0.717) is 5.82 Å². The fourth-order valence-electron chi connectivity index (χ4n) is 2.47. The van der Waals surface area contributed by atoms with Crippen LogP contribution in [-0.2, 0) is 11.4 Å². The molecule has 4 rings (SSSR count). The van der Waals surface area contributed by atoms with Gasteiger partial charge in [0.15, 0.2) is 5.82 Å². The third-order valence-corrected chi connectivity index (χ3v) is 4.84. The number of pyridine rings is 1. The summed E-state index contributed by atoms with van der Waals surface area (Å²) in [6, 6.07) is 5.84. The van der Waals surface area contributed by atoms with Gasteiger partial charge in [0, 0.05) is 22.6 Å². The van der Waals surface area contributed by atoms with Gasteiger partial charge in [-0.25, -0.2) is 4.98 Å². The van der Waals surface area contributed by atoms with Crippen LogP contribution < -0.4 is 5.32 Å². The van der Waals surface area contributed by atoms with Crippen LogP contribution in [0.25, 0.3) is 16.1 Å². The van der Waals surface area contributed by atoms with E-state index in [2.05, 4.69) is 10.3 Å². The average Bonchev–Trinajstić information content (AvgIpc) is 3.13. The van der Waals surface area contributed by atoms with Gasteiger partial charge in [0.05, 0.1) is 12.8 Å². The van der Waals surface area contributed by atoms with Gasteiger partial charge in [-0.3, -0.25) is 4.79 Å². The minimum absolute atomic E-state index is 0.0312. The predicted octanol–water partition coefficient (Wildman–Crippen LogP) is 2.90. The first-order valence-corrected chi connectivity index (χ1v) is 8.10. The number of imidazole rings is 1. The number of rotatable bonds is 4. The fraction of sp³-hybridized carbons (Fsp3) is 0.250. The van der Waals surface area contributed by atoms with Crippen molar-refractivity contribution in [3.8, 4) is 10.4 Å². The molecule has 1 saturated carbocycles. The number of anilines is 1. The molecule has 3 aromatic rings. The quantitative estimate of drug-likeness (QED) is 0.778. The lowest BCUT2D eigenvalue weighted by Gasteiger charge is -2.02. The molecule has 1 aliphatic carbocycles. The van der Waals surface area contributed by atoms with E-state index < -0.39 is 0 Å². The minimum Gasteiger partial charge on any atom is -0.392 e. The van der Waals surface area contributed by atoms with Crippen molar-refractivity contribution < 1.29 is 9.90 Å². The van der Waals surface area contributed by atoms with Crippen molar-refractivity contribution in [3.05, 3.63) is 41.5 Å². The summed E-state index contributed by atoms with van der Waals surface area (Å²) in [4.78, 5) is 17.3. The van der Waals surface area contributed by atoms with Crippen LogP contribution in [0.3, 0.4) is 0 Å². The maximum absolute atomic E-state index is 11.8. The number of aliphatic hydroxyl groups excluding tert-OH is 1. The van der Waals surface area contributed by atoms with Crippen molar-refractivity contribution >= 4 is 28.7 Å². The van der Waals surface area contributed by atoms with E-state index in [1.807, 2.05) is 40.4 Å². The standard InChI is InChI=1S/C16H15N3O2S/c20-9-12-5-6-22-15(12)11-3-4-14-17-13(8-19(14)7-11)18-16(21)10-1-2-10/h3-8,10,20H,1-2,9H2,(H,18,21). The molecule has 0 aromatic carbocycles. The molecule has 0 aliphatic heterocycles. The van der Waals surface area contributed by atoms with Crippen molar-refractivity contribution in [2.24, 2.45) is 5.92 Å². The SMILES string of the molecule is O=C(Nc1cn2cc(-c3sccc3CO)ccc2n1)C1CC1. The highest BCUT2D eigenvalue weighted by atomic mass is 32.1. The van der Waals surface area contributed by atoms with Crippen LogP contribution in [0.15, 0.2) is 36.0 Å². The highest BCUT2D eigenvalue weighted by Crippen LogP contribution is 2.31. The lowest BCUT2D eigenvalue weighted by Crippen LogP contribution is -2.13. The van der Waals surface area contributed by atoms with E-state index in [4.69, 9.17) is 0 Å². The Hall–Kier alpha value is -2.18. The third kappa shape index (κ3) is 2.40. The molecule has 1 amide bonds. The van der Waals surface area contributed by atoms with Crippen LogP contribution in [-0.4, -0.2) is 20.4 Å². The van der Waals surface area contributed by atoms with Gasteiger partial charge in [0.25, 0.3) is 0 Å². The topological polar surface area (TPSA) is 66.6 Å². The zero-order valence-corrected chi connectivity index (χ0v) is 12.6. The molecule has 5 nitrogen and oxygen atoms in total. The van der Waals surface area contributed by atoms with Crippen molar-refractivity contribution in [1.82, 2.24) is 9.38 Å². The lowest BCUT2D eigenvalue weighted by atomic mass is 10.1. The molecule has 0 bridgehead atoms. The first kappa shape index (κ1) is 13.5. The van der Waals surface area contributed by atoms with E-state index in [-0.39, 0.29) is 18.4 Å². The number of hydrogen-bond acceptors (Lipinski definition) is 4. The van der Waals surface area contributed by atoms with Gasteiger partial charge in [0.2, 0.25) is 5.91 Å². The average molecular weight is 313 g/mol. The Balaban J connectivity index is 1.67. The second-order valence-corrected chi connectivity index (χ2v) is 6.42. The number of carbonyl (C=O) groups excluding carboxylic acids is 1. The molecule has 0 spiro atoms. The Morgan fingerprint density at radius 2 is 2.23 bits per heavy atom. The Kier molecular flexibility index (Phi) is 3.20. The van der Waals surface area contributed by atoms with Crippen LogP contribution in [0, 0.1) is 5.92 Å². The predicted molar refractivity (Wildman–Crippen MR) is 85.8 cm³/mol. The van der Waals surface area contributed by atoms with E-state index in [0.717, 1.165) is 34.5 Å². The molecule has 3 heterocycles. The maximum atomic E-state index is 11.8. The van der Waals surface area contributed by atoms with Gasteiger partial charge in [-0.15, -0.1) is 11.3 Å². The number of hydrogen-bond donors (Lipinski definition) is 2. The lowest BCUT2D eigenvalue weighted by molar-refractivity contribution is -0.117. The van der Waals surface area contributed by atoms with E-state index in [9.17, 15) is 9.90 Å². The van der Waals surface area contributed by atoms with Crippen molar-refractivity contribution in [1.29, 1.82) is 0 Å². The van der Waals surface area contributed by atoms with Gasteiger partial charge >= 0.3 is 0 Å². The Bertz CT molecular complexity index is 848. The van der Waals surface area contributed by atoms with Crippen molar-refractivity contribution in [3.63, 3.8) is 0 Å². The first-order valence-electron chi connectivity index (χ1n) is 7.22. The second-order valence-electron chi connectivity index (χ2n) is 5.51. The molecule has 0 atom stereocenters. The Morgan fingerprint density at radius 3 is 3.00 bits per heavy atom. The van der Waals surface area contributed by atoms with Crippen LogP contribution in [0.5, 0.6) is 0 Å². The zero-order valence-electron chi connectivity index (χ0n) is 11.8. The fourth-order valence-corrected chi connectivity index (χ4v) is 3.38. The van der Waals surface area contributed by atoms with Crippen LogP contribution in [0.2, 0.25) is 0 Å². The Morgan fingerprint density at radius 1 is 1.36 bits per heavy atom. The third-order valence-electron chi connectivity index (χ3n) is 3.83. The van der Waals surface area contributed by atoms with Gasteiger partial charge in [-0.05, 0) is 42.0 Å². The van der Waals surface area contributed by atoms with Crippen LogP contribution in [0.4, 0.5) is 5.82 Å². The summed E-state index contributed by atoms with van der Waals surface area (Å²) in [5.41, 5.74) is 2.74. The first-order chi connectivity index (χ1) is 10.7. The van der Waals surface area contributed by atoms with Crippen molar-refractivity contribution in [2.45, 2.75) is 19.4 Å². The number of fused-ring (bicyclic) bond motifs is 1. The monoisotopic (exact) mass is 313 g/mol. The van der Waals surface area contributed by atoms with E-state index >= 15 is 0 Å². The highest BCUT2D eigenvalue weighted by molar-refractivity contribution is 7.13.